The van der Waals surface area contributed by atoms with Gasteiger partial charge in [0.1, 0.15) is 12.4 Å². The summed E-state index contributed by atoms with van der Waals surface area (Å²) in [5, 5.41) is 3.27. The molecule has 3 rings (SSSR count). The maximum absolute atomic E-state index is 12.9. The van der Waals surface area contributed by atoms with Crippen molar-refractivity contribution < 1.29 is 21.9 Å². The van der Waals surface area contributed by atoms with Crippen molar-refractivity contribution >= 4 is 22.4 Å². The van der Waals surface area contributed by atoms with E-state index in [1.807, 2.05) is 0 Å². The van der Waals surface area contributed by atoms with Gasteiger partial charge in [0.25, 0.3) is 6.43 Å². The average Bonchev–Trinajstić information content (AvgIpc) is 2.79. The van der Waals surface area contributed by atoms with Crippen LogP contribution in [0, 0.1) is 0 Å². The fraction of sp³-hybridized carbons (Fsp3) is 0.600. The minimum absolute atomic E-state index is 0. The van der Waals surface area contributed by atoms with Crippen LogP contribution < -0.4 is 10.1 Å². The van der Waals surface area contributed by atoms with Gasteiger partial charge in [-0.25, -0.2) is 17.2 Å². The quantitative estimate of drug-likeness (QED) is 0.848. The molecule has 1 N–H and O–H groups in total. The summed E-state index contributed by atoms with van der Waals surface area (Å²) in [6.07, 6.45) is 0.0116. The van der Waals surface area contributed by atoms with Gasteiger partial charge in [0.05, 0.1) is 4.90 Å². The van der Waals surface area contributed by atoms with E-state index in [0.29, 0.717) is 6.54 Å². The van der Waals surface area contributed by atoms with Crippen LogP contribution in [0.5, 0.6) is 5.75 Å². The number of nitrogens with one attached hydrogen (secondary N) is 1. The minimum atomic E-state index is -3.58. The standard InChI is InChI=1S/C15H20F2N2O3S.ClH/c16-15(17)10-22-13-3-5-14(6-4-13)23(20,21)19-11-1-2-12(19)9-18-8-7-11;/h3-6,11-12,15,18H,1-2,7-10H2;1H. The SMILES string of the molecule is Cl.O=S(=O)(c1ccc(OCC(F)F)cc1)N1C2CCNCC1CC2. The van der Waals surface area contributed by atoms with Crippen molar-refractivity contribution in [1.29, 1.82) is 0 Å². The lowest BCUT2D eigenvalue weighted by molar-refractivity contribution is 0.0819. The highest BCUT2D eigenvalue weighted by Gasteiger charge is 2.42. The molecule has 136 valence electrons. The van der Waals surface area contributed by atoms with Crippen LogP contribution in [0.3, 0.4) is 0 Å². The van der Waals surface area contributed by atoms with Crippen molar-refractivity contribution in [2.45, 2.75) is 42.7 Å². The van der Waals surface area contributed by atoms with Crippen molar-refractivity contribution in [3.63, 3.8) is 0 Å². The van der Waals surface area contributed by atoms with E-state index in [-0.39, 0.29) is 35.1 Å². The second kappa shape index (κ2) is 7.95. The Labute approximate surface area is 146 Å². The van der Waals surface area contributed by atoms with E-state index in [2.05, 4.69) is 5.32 Å². The van der Waals surface area contributed by atoms with Gasteiger partial charge in [-0.05, 0) is 50.1 Å². The first-order valence-corrected chi connectivity index (χ1v) is 9.18. The maximum atomic E-state index is 12.9. The Bertz CT molecular complexity index is 629. The predicted octanol–water partition coefficient (Wildman–Crippen LogP) is 2.27. The number of rotatable bonds is 5. The molecule has 2 heterocycles. The highest BCUT2D eigenvalue weighted by atomic mass is 35.5. The monoisotopic (exact) mass is 382 g/mol. The van der Waals surface area contributed by atoms with Gasteiger partial charge in [0.2, 0.25) is 10.0 Å². The summed E-state index contributed by atoms with van der Waals surface area (Å²) < 4.78 is 56.6. The molecule has 24 heavy (non-hydrogen) atoms. The van der Waals surface area contributed by atoms with Crippen molar-refractivity contribution in [1.82, 2.24) is 9.62 Å². The van der Waals surface area contributed by atoms with E-state index >= 15 is 0 Å². The summed E-state index contributed by atoms with van der Waals surface area (Å²) in [7, 11) is -3.58. The van der Waals surface area contributed by atoms with Crippen molar-refractivity contribution in [2.24, 2.45) is 0 Å². The van der Waals surface area contributed by atoms with Gasteiger partial charge in [-0.15, -0.1) is 12.4 Å². The van der Waals surface area contributed by atoms with E-state index in [4.69, 9.17) is 4.74 Å². The van der Waals surface area contributed by atoms with Crippen LogP contribution in [-0.2, 0) is 10.0 Å². The molecule has 2 atom stereocenters. The Morgan fingerprint density at radius 2 is 1.83 bits per heavy atom. The maximum Gasteiger partial charge on any atom is 0.272 e. The van der Waals surface area contributed by atoms with Crippen LogP contribution in [0.2, 0.25) is 0 Å². The van der Waals surface area contributed by atoms with Gasteiger partial charge in [0.15, 0.2) is 0 Å². The Balaban J connectivity index is 0.00000208. The Hall–Kier alpha value is -0.960. The average molecular weight is 383 g/mol. The number of fused-ring (bicyclic) bond motifs is 2. The van der Waals surface area contributed by atoms with Crippen molar-refractivity contribution in [2.75, 3.05) is 19.7 Å². The highest BCUT2D eigenvalue weighted by molar-refractivity contribution is 7.89. The fourth-order valence-electron chi connectivity index (χ4n) is 3.32. The van der Waals surface area contributed by atoms with Crippen LogP contribution >= 0.6 is 12.4 Å². The normalized spacial score (nSPS) is 24.5. The number of hydrogen-bond acceptors (Lipinski definition) is 4. The Morgan fingerprint density at radius 1 is 1.17 bits per heavy atom. The van der Waals surface area contributed by atoms with E-state index in [1.165, 1.54) is 24.3 Å². The number of hydrogen-bond donors (Lipinski definition) is 1. The molecule has 0 aromatic heterocycles. The van der Waals surface area contributed by atoms with E-state index in [9.17, 15) is 17.2 Å². The zero-order valence-electron chi connectivity index (χ0n) is 13.0. The Morgan fingerprint density at radius 3 is 2.50 bits per heavy atom. The molecule has 2 saturated heterocycles. The van der Waals surface area contributed by atoms with Gasteiger partial charge < -0.3 is 10.1 Å². The van der Waals surface area contributed by atoms with Crippen LogP contribution in [0.4, 0.5) is 8.78 Å². The number of sulfonamides is 1. The molecule has 2 unspecified atom stereocenters. The second-order valence-electron chi connectivity index (χ2n) is 5.89. The molecule has 2 fully saturated rings. The van der Waals surface area contributed by atoms with Gasteiger partial charge in [-0.3, -0.25) is 0 Å². The van der Waals surface area contributed by atoms with Gasteiger partial charge in [-0.1, -0.05) is 0 Å². The molecule has 2 aliphatic rings. The number of benzene rings is 1. The van der Waals surface area contributed by atoms with E-state index in [1.54, 1.807) is 4.31 Å². The summed E-state index contributed by atoms with van der Waals surface area (Å²) in [5.74, 6) is 0.241. The second-order valence-corrected chi connectivity index (χ2v) is 7.73. The van der Waals surface area contributed by atoms with Gasteiger partial charge in [-0.2, -0.15) is 4.31 Å². The third-order valence-electron chi connectivity index (χ3n) is 4.36. The summed E-state index contributed by atoms with van der Waals surface area (Å²) in [4.78, 5) is 0.181. The summed E-state index contributed by atoms with van der Waals surface area (Å²) in [6, 6.07) is 5.72. The molecule has 0 saturated carbocycles. The lowest BCUT2D eigenvalue weighted by Crippen LogP contribution is -2.42. The molecule has 2 aliphatic heterocycles. The van der Waals surface area contributed by atoms with Crippen molar-refractivity contribution in [3.8, 4) is 5.75 Å². The third kappa shape index (κ3) is 3.99. The lowest BCUT2D eigenvalue weighted by Gasteiger charge is -2.26. The highest BCUT2D eigenvalue weighted by Crippen LogP contribution is 2.34. The van der Waals surface area contributed by atoms with E-state index < -0.39 is 23.1 Å². The number of ether oxygens (including phenoxy) is 1. The van der Waals surface area contributed by atoms with Gasteiger partial charge >= 0.3 is 0 Å². The first-order valence-electron chi connectivity index (χ1n) is 7.74. The van der Waals surface area contributed by atoms with E-state index in [0.717, 1.165) is 25.8 Å². The number of alkyl halides is 2. The smallest absolute Gasteiger partial charge is 0.272 e. The molecule has 1 aromatic rings. The molecule has 0 radical (unpaired) electrons. The molecule has 1 aromatic carbocycles. The van der Waals surface area contributed by atoms with Crippen LogP contribution in [-0.4, -0.2) is 50.9 Å². The first-order chi connectivity index (χ1) is 11.0. The predicted molar refractivity (Wildman–Crippen MR) is 88.5 cm³/mol. The largest absolute Gasteiger partial charge is 0.488 e. The van der Waals surface area contributed by atoms with Crippen molar-refractivity contribution in [3.05, 3.63) is 24.3 Å². The molecule has 0 aliphatic carbocycles. The molecule has 0 amide bonds. The molecule has 0 spiro atoms. The molecular weight excluding hydrogens is 362 g/mol. The van der Waals surface area contributed by atoms with Crippen LogP contribution in [0.25, 0.3) is 0 Å². The zero-order valence-corrected chi connectivity index (χ0v) is 14.7. The zero-order chi connectivity index (χ0) is 16.4. The first kappa shape index (κ1) is 19.4. The molecule has 5 nitrogen and oxygen atoms in total. The molecule has 2 bridgehead atoms. The number of nitrogens with zero attached hydrogens (tertiary/aromatic N) is 1. The number of halogens is 3. The van der Waals surface area contributed by atoms with Gasteiger partial charge in [0, 0.05) is 18.6 Å². The third-order valence-corrected chi connectivity index (χ3v) is 6.38. The summed E-state index contributed by atoms with van der Waals surface area (Å²) >= 11 is 0. The minimum Gasteiger partial charge on any atom is -0.488 e. The molecule has 9 heteroatoms. The summed E-state index contributed by atoms with van der Waals surface area (Å²) in [6.45, 7) is 0.799. The molecular formula is C15H21ClF2N2O3S. The van der Waals surface area contributed by atoms with Crippen LogP contribution in [0.15, 0.2) is 29.2 Å². The lowest BCUT2D eigenvalue weighted by atomic mass is 10.1. The summed E-state index contributed by atoms with van der Waals surface area (Å²) in [5.41, 5.74) is 0. The topological polar surface area (TPSA) is 58.6 Å². The Kier molecular flexibility index (Phi) is 6.41. The fourth-order valence-corrected chi connectivity index (χ4v) is 5.22. The van der Waals surface area contributed by atoms with Crippen LogP contribution in [0.1, 0.15) is 19.3 Å².